The first-order valence-electron chi connectivity index (χ1n) is 7.02. The second-order valence-corrected chi connectivity index (χ2v) is 5.54. The molecule has 1 aliphatic heterocycles. The molecule has 0 saturated carbocycles. The number of carbonyl (C=O) groups excluding carboxylic acids is 1. The van der Waals surface area contributed by atoms with Gasteiger partial charge in [0, 0.05) is 13.0 Å². The maximum absolute atomic E-state index is 12.5. The Labute approximate surface area is 138 Å². The van der Waals surface area contributed by atoms with E-state index in [1.165, 1.54) is 7.11 Å². The van der Waals surface area contributed by atoms with Gasteiger partial charge in [-0.2, -0.15) is 5.01 Å². The van der Waals surface area contributed by atoms with E-state index < -0.39 is 36.6 Å². The van der Waals surface area contributed by atoms with Gasteiger partial charge in [0.25, 0.3) is 0 Å². The van der Waals surface area contributed by atoms with E-state index in [9.17, 15) is 25.0 Å². The number of halogens is 1. The minimum absolute atomic E-state index is 0.0145. The number of nitrogens with zero attached hydrogens (tertiary/aromatic N) is 3. The average Bonchev–Trinajstić information content (AvgIpc) is 2.52. The molecule has 134 valence electrons. The van der Waals surface area contributed by atoms with E-state index in [4.69, 9.17) is 21.1 Å². The fourth-order valence-corrected chi connectivity index (χ4v) is 2.45. The first-order chi connectivity index (χ1) is 10.9. The summed E-state index contributed by atoms with van der Waals surface area (Å²) in [6.07, 6.45) is -5.61. The van der Waals surface area contributed by atoms with Gasteiger partial charge in [0.15, 0.2) is 6.23 Å². The number of nitroso groups, excluding NO2 is 1. The van der Waals surface area contributed by atoms with E-state index in [2.05, 4.69) is 5.29 Å². The number of aliphatic hydroxyl groups excluding tert-OH is 3. The lowest BCUT2D eigenvalue weighted by molar-refractivity contribution is -0.226. The first kappa shape index (κ1) is 20.0. The van der Waals surface area contributed by atoms with Gasteiger partial charge in [-0.15, -0.1) is 16.5 Å². The highest BCUT2D eigenvalue weighted by molar-refractivity contribution is 6.18. The molecule has 1 aliphatic rings. The lowest BCUT2D eigenvalue weighted by atomic mass is 10.0. The van der Waals surface area contributed by atoms with E-state index in [-0.39, 0.29) is 25.6 Å². The highest BCUT2D eigenvalue weighted by atomic mass is 35.5. The molecule has 3 N–H and O–H groups in total. The monoisotopic (exact) mass is 355 g/mol. The number of methoxy groups -OCH3 is 1. The van der Waals surface area contributed by atoms with Crippen molar-refractivity contribution in [2.24, 2.45) is 5.29 Å². The molecule has 0 aromatic carbocycles. The number of rotatable bonds is 7. The largest absolute Gasteiger partial charge is 0.388 e. The van der Waals surface area contributed by atoms with Crippen molar-refractivity contribution in [3.63, 3.8) is 0 Å². The van der Waals surface area contributed by atoms with Crippen LogP contribution >= 0.6 is 11.6 Å². The van der Waals surface area contributed by atoms with Gasteiger partial charge in [-0.3, -0.25) is 4.90 Å². The first-order valence-corrected chi connectivity index (χ1v) is 7.56. The van der Waals surface area contributed by atoms with Gasteiger partial charge in [0.05, 0.1) is 31.1 Å². The third kappa shape index (κ3) is 4.72. The van der Waals surface area contributed by atoms with Crippen molar-refractivity contribution in [1.29, 1.82) is 0 Å². The van der Waals surface area contributed by atoms with Crippen LogP contribution in [-0.2, 0) is 9.47 Å². The predicted molar refractivity (Wildman–Crippen MR) is 79.6 cm³/mol. The molecule has 1 heterocycles. The van der Waals surface area contributed by atoms with Crippen LogP contribution in [-0.4, -0.2) is 94.6 Å². The number of aliphatic hydroxyl groups is 3. The molecule has 1 fully saturated rings. The van der Waals surface area contributed by atoms with E-state index in [0.29, 0.717) is 5.01 Å². The second kappa shape index (κ2) is 9.30. The Kier molecular flexibility index (Phi) is 8.09. The van der Waals surface area contributed by atoms with Gasteiger partial charge >= 0.3 is 6.03 Å². The number of alkyl halides is 1. The van der Waals surface area contributed by atoms with Crippen LogP contribution in [0.1, 0.15) is 6.92 Å². The van der Waals surface area contributed by atoms with Gasteiger partial charge < -0.3 is 24.8 Å². The van der Waals surface area contributed by atoms with E-state index in [0.717, 1.165) is 4.90 Å². The minimum atomic E-state index is -1.56. The molecule has 1 rings (SSSR count). The number of hydrogen-bond donors (Lipinski definition) is 3. The summed E-state index contributed by atoms with van der Waals surface area (Å²) < 4.78 is 10.3. The van der Waals surface area contributed by atoms with Gasteiger partial charge in [-0.1, -0.05) is 0 Å². The molecule has 0 aromatic heterocycles. The van der Waals surface area contributed by atoms with Gasteiger partial charge in [-0.25, -0.2) is 4.79 Å². The van der Waals surface area contributed by atoms with Crippen LogP contribution in [0.25, 0.3) is 0 Å². The van der Waals surface area contributed by atoms with Gasteiger partial charge in [0.2, 0.25) is 0 Å². The van der Waals surface area contributed by atoms with E-state index in [1.54, 1.807) is 6.92 Å². The van der Waals surface area contributed by atoms with Crippen molar-refractivity contribution in [2.75, 3.05) is 32.7 Å². The Morgan fingerprint density at radius 1 is 1.43 bits per heavy atom. The standard InChI is InChI=1S/C12H22ClN3O7/c1-7(5-22-2)16(12(20)15(14-21)4-3-13)11-10(19)9(18)8(17)6-23-11/h7-11,17-19H,3-6H2,1-2H3/t7?,8-,9-,10+,11-/m1/s1. The molecule has 1 saturated heterocycles. The molecule has 10 nitrogen and oxygen atoms in total. The molecule has 0 aliphatic carbocycles. The van der Waals surface area contributed by atoms with Crippen LogP contribution in [0.3, 0.4) is 0 Å². The average molecular weight is 356 g/mol. The minimum Gasteiger partial charge on any atom is -0.388 e. The number of carbonyl (C=O) groups is 1. The van der Waals surface area contributed by atoms with Crippen LogP contribution in [0.2, 0.25) is 0 Å². The predicted octanol–water partition coefficient (Wildman–Crippen LogP) is -0.895. The summed E-state index contributed by atoms with van der Waals surface area (Å²) in [4.78, 5) is 24.4. The molecule has 11 heteroatoms. The lowest BCUT2D eigenvalue weighted by Gasteiger charge is -2.43. The van der Waals surface area contributed by atoms with E-state index in [1.807, 2.05) is 0 Å². The van der Waals surface area contributed by atoms with Crippen molar-refractivity contribution in [3.05, 3.63) is 4.91 Å². The molecule has 0 radical (unpaired) electrons. The van der Waals surface area contributed by atoms with Crippen LogP contribution < -0.4 is 0 Å². The lowest BCUT2D eigenvalue weighted by Crippen LogP contribution is -2.64. The van der Waals surface area contributed by atoms with E-state index >= 15 is 0 Å². The Morgan fingerprint density at radius 2 is 2.09 bits per heavy atom. The Morgan fingerprint density at radius 3 is 2.61 bits per heavy atom. The quantitative estimate of drug-likeness (QED) is 0.306. The summed E-state index contributed by atoms with van der Waals surface area (Å²) in [6, 6.07) is -1.45. The van der Waals surface area contributed by atoms with Crippen LogP contribution in [0.5, 0.6) is 0 Å². The summed E-state index contributed by atoms with van der Waals surface area (Å²) in [5, 5.41) is 32.6. The SMILES string of the molecule is COCC(C)N(C(=O)N(CCCl)N=O)[C@@H]1OC[C@@H](O)[C@@H](O)[C@@H]1O. The number of amides is 2. The van der Waals surface area contributed by atoms with Crippen molar-refractivity contribution in [3.8, 4) is 0 Å². The topological polar surface area (TPSA) is 132 Å². The second-order valence-electron chi connectivity index (χ2n) is 5.16. The van der Waals surface area contributed by atoms with Crippen LogP contribution in [0.15, 0.2) is 5.29 Å². The Balaban J connectivity index is 3.04. The highest BCUT2D eigenvalue weighted by Crippen LogP contribution is 2.22. The zero-order valence-electron chi connectivity index (χ0n) is 12.9. The summed E-state index contributed by atoms with van der Waals surface area (Å²) >= 11 is 5.53. The number of hydrogen-bond acceptors (Lipinski definition) is 8. The Hall–Kier alpha value is -1.04. The number of ether oxygens (including phenoxy) is 2. The molecule has 0 spiro atoms. The Bertz CT molecular complexity index is 403. The number of urea groups is 1. The van der Waals surface area contributed by atoms with Crippen molar-refractivity contribution >= 4 is 17.6 Å². The van der Waals surface area contributed by atoms with Gasteiger partial charge in [-0.05, 0) is 6.92 Å². The van der Waals surface area contributed by atoms with Gasteiger partial charge in [0.1, 0.15) is 18.3 Å². The molecule has 2 amide bonds. The summed E-state index contributed by atoms with van der Waals surface area (Å²) in [7, 11) is 1.42. The summed E-state index contributed by atoms with van der Waals surface area (Å²) in [5.74, 6) is -0.0145. The van der Waals surface area contributed by atoms with Crippen LogP contribution in [0.4, 0.5) is 4.79 Å². The summed E-state index contributed by atoms with van der Waals surface area (Å²) in [6.45, 7) is 1.29. The fraction of sp³-hybridized carbons (Fsp3) is 0.917. The normalized spacial score (nSPS) is 29.0. The summed E-state index contributed by atoms with van der Waals surface area (Å²) in [5.41, 5.74) is 0. The van der Waals surface area contributed by atoms with Crippen molar-refractivity contribution in [1.82, 2.24) is 9.91 Å². The molecular formula is C12H22ClN3O7. The smallest absolute Gasteiger partial charge is 0.345 e. The van der Waals surface area contributed by atoms with Crippen molar-refractivity contribution < 1.29 is 29.6 Å². The zero-order valence-corrected chi connectivity index (χ0v) is 13.7. The molecular weight excluding hydrogens is 334 g/mol. The molecule has 0 aromatic rings. The highest BCUT2D eigenvalue weighted by Gasteiger charge is 2.45. The van der Waals surface area contributed by atoms with Crippen molar-refractivity contribution in [2.45, 2.75) is 37.5 Å². The third-order valence-corrected chi connectivity index (χ3v) is 3.64. The fourth-order valence-electron chi connectivity index (χ4n) is 2.29. The third-order valence-electron chi connectivity index (χ3n) is 3.47. The zero-order chi connectivity index (χ0) is 17.6. The molecule has 5 atom stereocenters. The van der Waals surface area contributed by atoms with Crippen LogP contribution in [0, 0.1) is 4.91 Å². The maximum Gasteiger partial charge on any atom is 0.345 e. The maximum atomic E-state index is 12.5. The molecule has 1 unspecified atom stereocenters. The molecule has 0 bridgehead atoms. The molecule has 23 heavy (non-hydrogen) atoms.